The Morgan fingerprint density at radius 1 is 0.968 bits per heavy atom. The van der Waals surface area contributed by atoms with Crippen LogP contribution in [0.15, 0.2) is 84.9 Å². The number of ether oxygens (including phenoxy) is 1. The second-order valence-electron chi connectivity index (χ2n) is 6.94. The molecule has 3 aromatic rings. The van der Waals surface area contributed by atoms with Crippen LogP contribution in [-0.4, -0.2) is 28.9 Å². The summed E-state index contributed by atoms with van der Waals surface area (Å²) in [6, 6.07) is 27.8. The van der Waals surface area contributed by atoms with Gasteiger partial charge in [-0.05, 0) is 35.2 Å². The van der Waals surface area contributed by atoms with E-state index in [4.69, 9.17) is 21.0 Å². The van der Waals surface area contributed by atoms with Crippen molar-refractivity contribution in [1.29, 1.82) is 5.41 Å². The molecule has 0 amide bonds. The van der Waals surface area contributed by atoms with Gasteiger partial charge < -0.3 is 20.4 Å². The Hall–Kier alpha value is -4.00. The number of carboxylic acid groups (broad SMARTS) is 1. The maximum atomic E-state index is 10.8. The fourth-order valence-corrected chi connectivity index (χ4v) is 3.35. The quantitative estimate of drug-likeness (QED) is 0.280. The van der Waals surface area contributed by atoms with E-state index in [9.17, 15) is 4.79 Å². The Morgan fingerprint density at radius 3 is 2.13 bits per heavy atom. The zero-order valence-corrected chi connectivity index (χ0v) is 17.0. The summed E-state index contributed by atoms with van der Waals surface area (Å²) in [6.07, 6.45) is -0.740. The first-order valence-corrected chi connectivity index (χ1v) is 9.87. The Bertz CT molecular complexity index is 956. The summed E-state index contributed by atoms with van der Waals surface area (Å²) in [5.41, 5.74) is 8.55. The molecule has 4 N–H and O–H groups in total. The monoisotopic (exact) mass is 419 g/mol. The number of nitrogens with one attached hydrogen (secondary N) is 1. The minimum atomic E-state index is -1.53. The van der Waals surface area contributed by atoms with Crippen LogP contribution in [0.1, 0.15) is 29.0 Å². The molecule has 0 aliphatic carbocycles. The molecular weight excluding hydrogens is 394 g/mol. The third-order valence-electron chi connectivity index (χ3n) is 4.76. The first-order chi connectivity index (χ1) is 15.0. The average Bonchev–Trinajstić information content (AvgIpc) is 2.77. The van der Waals surface area contributed by atoms with Crippen LogP contribution in [-0.2, 0) is 11.4 Å². The Morgan fingerprint density at radius 2 is 1.58 bits per heavy atom. The topological polar surface area (TPSA) is 109 Å². The molecule has 0 spiro atoms. The maximum Gasteiger partial charge on any atom is 0.531 e. The molecule has 160 valence electrons. The van der Waals surface area contributed by atoms with Crippen molar-refractivity contribution >= 4 is 12.1 Å². The minimum Gasteiger partial charge on any atom is -0.494 e. The number of benzene rings is 3. The van der Waals surface area contributed by atoms with Gasteiger partial charge in [-0.15, -0.1) is 0 Å². The van der Waals surface area contributed by atoms with Crippen LogP contribution in [0.4, 0.5) is 4.79 Å². The number of carbonyl (C=O) groups is 1. The Labute approximate surface area is 181 Å². The summed E-state index contributed by atoms with van der Waals surface area (Å²) < 4.78 is 5.98. The van der Waals surface area contributed by atoms with Gasteiger partial charge in [0.15, 0.2) is 0 Å². The third kappa shape index (κ3) is 6.50. The minimum absolute atomic E-state index is 0.00941. The van der Waals surface area contributed by atoms with Gasteiger partial charge in [-0.2, -0.15) is 5.06 Å². The van der Waals surface area contributed by atoms with Crippen LogP contribution < -0.4 is 10.5 Å². The second-order valence-corrected chi connectivity index (χ2v) is 6.94. The summed E-state index contributed by atoms with van der Waals surface area (Å²) in [5.74, 6) is 0.362. The first kappa shape index (κ1) is 21.7. The summed E-state index contributed by atoms with van der Waals surface area (Å²) in [6.45, 7) is 0.509. The number of guanidine groups is 1. The Balaban J connectivity index is 1.65. The normalized spacial score (nSPS) is 10.5. The number of hydrogen-bond acceptors (Lipinski definition) is 4. The van der Waals surface area contributed by atoms with E-state index in [1.807, 2.05) is 42.5 Å². The lowest BCUT2D eigenvalue weighted by atomic mass is 9.89. The number of hydrogen-bond donors (Lipinski definition) is 3. The molecule has 0 aromatic heterocycles. The molecule has 0 saturated carbocycles. The van der Waals surface area contributed by atoms with E-state index < -0.39 is 12.1 Å². The van der Waals surface area contributed by atoms with Gasteiger partial charge in [-0.1, -0.05) is 72.8 Å². The molecule has 0 atom stereocenters. The van der Waals surface area contributed by atoms with Gasteiger partial charge in [0.1, 0.15) is 5.75 Å². The lowest BCUT2D eigenvalue weighted by Gasteiger charge is -2.20. The van der Waals surface area contributed by atoms with Crippen LogP contribution in [0.5, 0.6) is 5.75 Å². The Kier molecular flexibility index (Phi) is 7.48. The van der Waals surface area contributed by atoms with Crippen LogP contribution in [0, 0.1) is 5.41 Å². The van der Waals surface area contributed by atoms with E-state index in [0.29, 0.717) is 17.9 Å². The zero-order valence-electron chi connectivity index (χ0n) is 17.0. The maximum absolute atomic E-state index is 10.8. The van der Waals surface area contributed by atoms with Gasteiger partial charge in [0.2, 0.25) is 5.96 Å². The standard InChI is InChI=1S/C24H25N3O4/c25-23(26)27(31-24(28)29)17-18-8-7-13-21(16-18)30-15-14-22(19-9-3-1-4-10-19)20-11-5-2-6-12-20/h1-13,16,22H,14-15,17H2,(H3,25,26)(H,28,29). The lowest BCUT2D eigenvalue weighted by molar-refractivity contribution is -0.0704. The zero-order chi connectivity index (χ0) is 22.1. The van der Waals surface area contributed by atoms with Crippen molar-refractivity contribution in [3.05, 3.63) is 102 Å². The van der Waals surface area contributed by atoms with E-state index in [1.165, 1.54) is 11.1 Å². The van der Waals surface area contributed by atoms with Crippen molar-refractivity contribution in [3.8, 4) is 5.75 Å². The fourth-order valence-electron chi connectivity index (χ4n) is 3.35. The number of rotatable bonds is 8. The van der Waals surface area contributed by atoms with E-state index >= 15 is 0 Å². The van der Waals surface area contributed by atoms with Crippen LogP contribution >= 0.6 is 0 Å². The smallest absolute Gasteiger partial charge is 0.494 e. The molecule has 0 heterocycles. The first-order valence-electron chi connectivity index (χ1n) is 9.87. The molecule has 3 rings (SSSR count). The van der Waals surface area contributed by atoms with E-state index in [2.05, 4.69) is 29.1 Å². The fraction of sp³-hybridized carbons (Fsp3) is 0.167. The van der Waals surface area contributed by atoms with Crippen molar-refractivity contribution in [2.45, 2.75) is 18.9 Å². The van der Waals surface area contributed by atoms with E-state index in [1.54, 1.807) is 18.2 Å². The van der Waals surface area contributed by atoms with Gasteiger partial charge in [-0.25, -0.2) is 4.79 Å². The molecule has 0 unspecified atom stereocenters. The van der Waals surface area contributed by atoms with Crippen molar-refractivity contribution in [3.63, 3.8) is 0 Å². The molecule has 0 aliphatic rings. The number of hydroxylamine groups is 2. The molecule has 7 heteroatoms. The van der Waals surface area contributed by atoms with Gasteiger partial charge in [0.05, 0.1) is 13.2 Å². The molecule has 3 aromatic carbocycles. The predicted octanol–water partition coefficient (Wildman–Crippen LogP) is 4.59. The molecule has 0 aliphatic heterocycles. The van der Waals surface area contributed by atoms with Gasteiger partial charge in [-0.3, -0.25) is 5.41 Å². The molecule has 31 heavy (non-hydrogen) atoms. The largest absolute Gasteiger partial charge is 0.531 e. The molecule has 0 fully saturated rings. The summed E-state index contributed by atoms with van der Waals surface area (Å²) in [7, 11) is 0. The highest BCUT2D eigenvalue weighted by Crippen LogP contribution is 2.28. The van der Waals surface area contributed by atoms with Gasteiger partial charge in [0.25, 0.3) is 0 Å². The molecule has 0 bridgehead atoms. The predicted molar refractivity (Wildman–Crippen MR) is 118 cm³/mol. The third-order valence-corrected chi connectivity index (χ3v) is 4.76. The summed E-state index contributed by atoms with van der Waals surface area (Å²) in [5, 5.41) is 17.0. The molecular formula is C24H25N3O4. The molecule has 0 saturated heterocycles. The van der Waals surface area contributed by atoms with E-state index in [0.717, 1.165) is 11.5 Å². The van der Waals surface area contributed by atoms with E-state index in [-0.39, 0.29) is 12.5 Å². The van der Waals surface area contributed by atoms with Crippen molar-refractivity contribution in [1.82, 2.24) is 5.06 Å². The highest BCUT2D eigenvalue weighted by Gasteiger charge is 2.15. The second kappa shape index (κ2) is 10.7. The van der Waals surface area contributed by atoms with Crippen molar-refractivity contribution in [2.24, 2.45) is 5.73 Å². The lowest BCUT2D eigenvalue weighted by Crippen LogP contribution is -2.37. The summed E-state index contributed by atoms with van der Waals surface area (Å²) in [4.78, 5) is 15.3. The summed E-state index contributed by atoms with van der Waals surface area (Å²) >= 11 is 0. The van der Waals surface area contributed by atoms with Crippen LogP contribution in [0.3, 0.4) is 0 Å². The number of nitrogens with two attached hydrogens (primary N) is 1. The highest BCUT2D eigenvalue weighted by atomic mass is 16.8. The SMILES string of the molecule is N=C(N)N(Cc1cccc(OCCC(c2ccccc2)c2ccccc2)c1)OC(=O)O. The average molecular weight is 419 g/mol. The molecule has 7 nitrogen and oxygen atoms in total. The van der Waals surface area contributed by atoms with Crippen LogP contribution in [0.2, 0.25) is 0 Å². The molecule has 0 radical (unpaired) electrons. The highest BCUT2D eigenvalue weighted by molar-refractivity contribution is 5.75. The van der Waals surface area contributed by atoms with Crippen molar-refractivity contribution < 1.29 is 19.5 Å². The number of nitrogens with zero attached hydrogens (tertiary/aromatic N) is 1. The van der Waals surface area contributed by atoms with Crippen LogP contribution in [0.25, 0.3) is 0 Å². The van der Waals surface area contributed by atoms with Crippen molar-refractivity contribution in [2.75, 3.05) is 6.61 Å². The van der Waals surface area contributed by atoms with Gasteiger partial charge in [0, 0.05) is 5.92 Å². The van der Waals surface area contributed by atoms with Gasteiger partial charge >= 0.3 is 6.16 Å².